The van der Waals surface area contributed by atoms with E-state index < -0.39 is 22.9 Å². The van der Waals surface area contributed by atoms with Gasteiger partial charge in [-0.05, 0) is 43.1 Å². The molecule has 26 heavy (non-hydrogen) atoms. The third-order valence-corrected chi connectivity index (χ3v) is 5.86. The highest BCUT2D eigenvalue weighted by Gasteiger charge is 2.39. The van der Waals surface area contributed by atoms with E-state index in [4.69, 9.17) is 32.5 Å². The molecule has 0 bridgehead atoms. The van der Waals surface area contributed by atoms with Crippen LogP contribution < -0.4 is 0 Å². The molecule has 0 amide bonds. The van der Waals surface area contributed by atoms with Crippen molar-refractivity contribution in [2.45, 2.75) is 30.6 Å². The van der Waals surface area contributed by atoms with Crippen LogP contribution in [0.3, 0.4) is 0 Å². The van der Waals surface area contributed by atoms with Gasteiger partial charge in [-0.15, -0.1) is 0 Å². The topological polar surface area (TPSA) is 92.5 Å². The average Bonchev–Trinajstić information content (AvgIpc) is 3.34. The fraction of sp³-hybridized carbons (Fsp3) is 0.353. The summed E-state index contributed by atoms with van der Waals surface area (Å²) >= 11 is 10.6. The minimum absolute atomic E-state index is 0.0305. The molecule has 138 valence electrons. The summed E-state index contributed by atoms with van der Waals surface area (Å²) in [6.07, 6.45) is 3.08. The Morgan fingerprint density at radius 3 is 2.65 bits per heavy atom. The van der Waals surface area contributed by atoms with Crippen molar-refractivity contribution in [3.8, 4) is 0 Å². The fourth-order valence-corrected chi connectivity index (χ4v) is 4.15. The summed E-state index contributed by atoms with van der Waals surface area (Å²) in [5.74, 6) is -0.911. The lowest BCUT2D eigenvalue weighted by Gasteiger charge is -2.12. The standard InChI is InChI=1S/C17H15Cl2NO5S/c1-3-24-17(22)13-11(15(25-20-13)8-4-5-8)14(21)9-6-7-10(18)12(19)16(9)26(2)23/h6-8H,3-5H2,1-2H3. The number of benzene rings is 1. The highest BCUT2D eigenvalue weighted by molar-refractivity contribution is 7.91. The molecule has 1 saturated carbocycles. The second-order valence-corrected chi connectivity index (χ2v) is 7.89. The number of aromatic nitrogens is 1. The number of hydrogen-bond donors (Lipinski definition) is 0. The van der Waals surface area contributed by atoms with Gasteiger partial charge in [0.25, 0.3) is 0 Å². The van der Waals surface area contributed by atoms with Crippen molar-refractivity contribution in [1.82, 2.24) is 5.16 Å². The number of hydrogen-bond acceptors (Lipinski definition) is 6. The van der Waals surface area contributed by atoms with Gasteiger partial charge in [-0.2, -0.15) is 0 Å². The molecular weight excluding hydrogens is 401 g/mol. The highest BCUT2D eigenvalue weighted by atomic mass is 35.5. The summed E-state index contributed by atoms with van der Waals surface area (Å²) in [5, 5.41) is 3.98. The van der Waals surface area contributed by atoms with Gasteiger partial charge in [-0.3, -0.25) is 4.79 Å². The molecule has 0 N–H and O–H groups in total. The summed E-state index contributed by atoms with van der Waals surface area (Å²) in [6, 6.07) is 2.88. The van der Waals surface area contributed by atoms with E-state index in [1.165, 1.54) is 18.4 Å². The molecule has 0 saturated heterocycles. The second-order valence-electron chi connectivity index (χ2n) is 5.79. The summed E-state index contributed by atoms with van der Waals surface area (Å²) in [4.78, 5) is 25.5. The maximum absolute atomic E-state index is 13.2. The lowest BCUT2D eigenvalue weighted by molar-refractivity contribution is 0.0512. The van der Waals surface area contributed by atoms with E-state index >= 15 is 0 Å². The molecule has 1 fully saturated rings. The number of nitrogens with zero attached hydrogens (tertiary/aromatic N) is 1. The Bertz CT molecular complexity index is 876. The van der Waals surface area contributed by atoms with E-state index in [1.807, 2.05) is 0 Å². The minimum atomic E-state index is -1.57. The van der Waals surface area contributed by atoms with Crippen molar-refractivity contribution >= 4 is 46.1 Å². The number of ether oxygens (including phenoxy) is 1. The zero-order chi connectivity index (χ0) is 19.0. The van der Waals surface area contributed by atoms with Gasteiger partial charge in [0, 0.05) is 5.92 Å². The van der Waals surface area contributed by atoms with Crippen LogP contribution in [0.4, 0.5) is 0 Å². The van der Waals surface area contributed by atoms with Gasteiger partial charge < -0.3 is 13.8 Å². The third-order valence-electron chi connectivity index (χ3n) is 3.94. The van der Waals surface area contributed by atoms with Gasteiger partial charge in [0.15, 0.2) is 10.7 Å². The van der Waals surface area contributed by atoms with Crippen LogP contribution in [0.15, 0.2) is 21.6 Å². The number of rotatable bonds is 6. The summed E-state index contributed by atoms with van der Waals surface area (Å²) in [7, 11) is 0. The number of carbonyl (C=O) groups is 2. The van der Waals surface area contributed by atoms with E-state index in [0.717, 1.165) is 12.8 Å². The molecule has 9 heteroatoms. The maximum atomic E-state index is 13.2. The van der Waals surface area contributed by atoms with Crippen LogP contribution in [0.25, 0.3) is 0 Å². The number of esters is 1. The first-order valence-corrected chi connectivity index (χ1v) is 10.2. The second kappa shape index (κ2) is 7.60. The molecule has 0 radical (unpaired) electrons. The molecule has 2 aromatic rings. The fourth-order valence-electron chi connectivity index (χ4n) is 2.61. The van der Waals surface area contributed by atoms with Crippen molar-refractivity contribution in [1.29, 1.82) is 0 Å². The smallest absolute Gasteiger partial charge is 0.361 e. The van der Waals surface area contributed by atoms with Gasteiger partial charge >= 0.3 is 5.97 Å². The van der Waals surface area contributed by atoms with Crippen LogP contribution in [-0.4, -0.2) is 34.3 Å². The van der Waals surface area contributed by atoms with Gasteiger partial charge in [0.05, 0.1) is 17.2 Å². The molecule has 1 aromatic carbocycles. The van der Waals surface area contributed by atoms with E-state index in [-0.39, 0.29) is 44.3 Å². The van der Waals surface area contributed by atoms with Crippen LogP contribution in [-0.2, 0) is 15.9 Å². The SMILES string of the molecule is CCOC(=O)c1noc(C2CC2)c1C(=O)c1ccc(Cl)c(Cl)c1[S+](C)[O-]. The van der Waals surface area contributed by atoms with Crippen LogP contribution in [0.2, 0.25) is 10.0 Å². The molecular formula is C17H15Cl2NO5S. The average molecular weight is 416 g/mol. The molecule has 0 spiro atoms. The Labute approximate surface area is 163 Å². The first kappa shape index (κ1) is 19.2. The van der Waals surface area contributed by atoms with Crippen molar-refractivity contribution < 1.29 is 23.4 Å². The lowest BCUT2D eigenvalue weighted by atomic mass is 9.99. The molecule has 1 unspecified atom stereocenters. The summed E-state index contributed by atoms with van der Waals surface area (Å²) < 4.78 is 22.4. The number of ketones is 1. The largest absolute Gasteiger partial charge is 0.612 e. The Hall–Kier alpha value is -1.54. The molecule has 1 aromatic heterocycles. The van der Waals surface area contributed by atoms with Gasteiger partial charge in [-0.25, -0.2) is 4.79 Å². The Morgan fingerprint density at radius 2 is 2.08 bits per heavy atom. The van der Waals surface area contributed by atoms with Crippen LogP contribution in [0.5, 0.6) is 0 Å². The Balaban J connectivity index is 2.15. The maximum Gasteiger partial charge on any atom is 0.361 e. The van der Waals surface area contributed by atoms with Gasteiger partial charge in [-0.1, -0.05) is 28.4 Å². The molecule has 6 nitrogen and oxygen atoms in total. The molecule has 1 heterocycles. The monoisotopic (exact) mass is 415 g/mol. The van der Waals surface area contributed by atoms with E-state index in [0.29, 0.717) is 5.76 Å². The predicted molar refractivity (Wildman–Crippen MR) is 96.7 cm³/mol. The number of halogens is 2. The lowest BCUT2D eigenvalue weighted by Crippen LogP contribution is -2.16. The van der Waals surface area contributed by atoms with Crippen LogP contribution in [0.1, 0.15) is 57.9 Å². The summed E-state index contributed by atoms with van der Waals surface area (Å²) in [5.41, 5.74) is -0.0513. The summed E-state index contributed by atoms with van der Waals surface area (Å²) in [6.45, 7) is 1.79. The Kier molecular flexibility index (Phi) is 5.62. The molecule has 1 aliphatic rings. The molecule has 0 aliphatic heterocycles. The third kappa shape index (κ3) is 3.49. The van der Waals surface area contributed by atoms with E-state index in [2.05, 4.69) is 5.16 Å². The molecule has 3 rings (SSSR count). The Morgan fingerprint density at radius 1 is 1.38 bits per heavy atom. The minimum Gasteiger partial charge on any atom is -0.612 e. The van der Waals surface area contributed by atoms with Gasteiger partial charge in [0.1, 0.15) is 16.8 Å². The highest BCUT2D eigenvalue weighted by Crippen LogP contribution is 2.44. The zero-order valence-electron chi connectivity index (χ0n) is 14.0. The van der Waals surface area contributed by atoms with Crippen molar-refractivity contribution in [2.75, 3.05) is 12.9 Å². The van der Waals surface area contributed by atoms with Crippen LogP contribution in [0, 0.1) is 0 Å². The van der Waals surface area contributed by atoms with E-state index in [1.54, 1.807) is 6.92 Å². The van der Waals surface area contributed by atoms with Crippen molar-refractivity contribution in [2.24, 2.45) is 0 Å². The zero-order valence-corrected chi connectivity index (χ0v) is 16.3. The van der Waals surface area contributed by atoms with Crippen molar-refractivity contribution in [3.63, 3.8) is 0 Å². The quantitative estimate of drug-likeness (QED) is 0.402. The van der Waals surface area contributed by atoms with Gasteiger partial charge in [0.2, 0.25) is 11.5 Å². The van der Waals surface area contributed by atoms with Crippen molar-refractivity contribution in [3.05, 3.63) is 44.8 Å². The predicted octanol–water partition coefficient (Wildman–Crippen LogP) is 4.00. The van der Waals surface area contributed by atoms with Crippen LogP contribution >= 0.6 is 23.2 Å². The normalized spacial score (nSPS) is 15.0. The number of carbonyl (C=O) groups excluding carboxylic acids is 2. The first-order valence-electron chi connectivity index (χ1n) is 7.89. The molecule has 1 aliphatic carbocycles. The van der Waals surface area contributed by atoms with E-state index in [9.17, 15) is 14.1 Å². The molecule has 1 atom stereocenters. The first-order chi connectivity index (χ1) is 12.4.